The number of aryl methyl sites for hydroxylation is 1. The molecule has 4 amide bonds. The zero-order chi connectivity index (χ0) is 39.1. The van der Waals surface area contributed by atoms with Gasteiger partial charge in [0.1, 0.15) is 47.4 Å². The fraction of sp³-hybridized carbons (Fsp3) is 0.632. The largest absolute Gasteiger partial charge is 0.497 e. The van der Waals surface area contributed by atoms with Crippen molar-refractivity contribution in [2.75, 3.05) is 13.7 Å². The van der Waals surface area contributed by atoms with Gasteiger partial charge in [0, 0.05) is 18.4 Å². The van der Waals surface area contributed by atoms with Crippen LogP contribution in [0.5, 0.6) is 11.6 Å². The molecule has 7 rings (SSSR count). The number of fused-ring (bicyclic) bond motifs is 3. The lowest BCUT2D eigenvalue weighted by Crippen LogP contribution is -2.58. The van der Waals surface area contributed by atoms with Crippen molar-refractivity contribution in [3.8, 4) is 11.6 Å². The first-order chi connectivity index (χ1) is 26.2. The van der Waals surface area contributed by atoms with E-state index in [1.54, 1.807) is 32.0 Å². The zero-order valence-electron chi connectivity index (χ0n) is 31.3. The van der Waals surface area contributed by atoms with E-state index in [-0.39, 0.29) is 31.7 Å². The average molecular weight is 785 g/mol. The molecule has 1 aromatic carbocycles. The summed E-state index contributed by atoms with van der Waals surface area (Å²) in [6.07, 6.45) is 5.08. The van der Waals surface area contributed by atoms with Crippen LogP contribution in [-0.4, -0.2) is 102 Å². The van der Waals surface area contributed by atoms with Crippen LogP contribution in [0.15, 0.2) is 30.4 Å². The first-order valence-electron chi connectivity index (χ1n) is 19.2. The third-order valence-corrected chi connectivity index (χ3v) is 13.8. The SMILES string of the molecule is COc1ccc2nc(C)c(O[C@@H]3C[C@H]4C(=O)N[C@]5(C(=O)NS(=O)(=O)C6(C)CC6)C[C@H]5/C=C/CCCCC[C@H](NC(=O)O[C@@H]5CCC[C@H]5F)C(=O)N4C3)nc2c1. The van der Waals surface area contributed by atoms with Gasteiger partial charge in [0.05, 0.1) is 29.4 Å². The minimum Gasteiger partial charge on any atom is -0.497 e. The number of carbonyl (C=O) groups is 4. The highest BCUT2D eigenvalue weighted by molar-refractivity contribution is 7.91. The summed E-state index contributed by atoms with van der Waals surface area (Å²) in [5.41, 5.74) is 0.0568. The molecule has 1 aromatic heterocycles. The maximum Gasteiger partial charge on any atom is 0.408 e. The molecule has 0 unspecified atom stereocenters. The van der Waals surface area contributed by atoms with Gasteiger partial charge < -0.3 is 29.7 Å². The van der Waals surface area contributed by atoms with E-state index in [4.69, 9.17) is 14.2 Å². The normalized spacial score (nSPS) is 31.2. The third-order valence-electron chi connectivity index (χ3n) is 11.7. The van der Waals surface area contributed by atoms with Gasteiger partial charge in [-0.1, -0.05) is 25.0 Å². The molecule has 17 heteroatoms. The molecule has 4 fully saturated rings. The van der Waals surface area contributed by atoms with Gasteiger partial charge in [0.15, 0.2) is 0 Å². The Morgan fingerprint density at radius 1 is 1.05 bits per heavy atom. The van der Waals surface area contributed by atoms with Gasteiger partial charge in [-0.05, 0) is 83.8 Å². The first-order valence-corrected chi connectivity index (χ1v) is 20.7. The van der Waals surface area contributed by atoms with Crippen LogP contribution < -0.4 is 24.8 Å². The van der Waals surface area contributed by atoms with E-state index in [2.05, 4.69) is 25.3 Å². The number of rotatable bonds is 8. The lowest BCUT2D eigenvalue weighted by molar-refractivity contribution is -0.141. The van der Waals surface area contributed by atoms with Gasteiger partial charge in [-0.2, -0.15) is 0 Å². The molecule has 0 spiro atoms. The summed E-state index contributed by atoms with van der Waals surface area (Å²) >= 11 is 0. The number of nitrogens with zero attached hydrogens (tertiary/aromatic N) is 3. The highest BCUT2D eigenvalue weighted by Crippen LogP contribution is 2.47. The van der Waals surface area contributed by atoms with Crippen LogP contribution in [0.25, 0.3) is 11.0 Å². The maximum atomic E-state index is 14.5. The summed E-state index contributed by atoms with van der Waals surface area (Å²) < 4.78 is 58.9. The van der Waals surface area contributed by atoms with Crippen LogP contribution in [-0.2, 0) is 29.1 Å². The van der Waals surface area contributed by atoms with Crippen LogP contribution in [0.3, 0.4) is 0 Å². The lowest BCUT2D eigenvalue weighted by Gasteiger charge is -2.30. The summed E-state index contributed by atoms with van der Waals surface area (Å²) in [6, 6.07) is 2.97. The second-order valence-electron chi connectivity index (χ2n) is 15.8. The van der Waals surface area contributed by atoms with Crippen molar-refractivity contribution < 1.29 is 46.2 Å². The van der Waals surface area contributed by atoms with Gasteiger partial charge in [-0.3, -0.25) is 19.1 Å². The summed E-state index contributed by atoms with van der Waals surface area (Å²) in [7, 11) is -2.47. The minimum absolute atomic E-state index is 0.00775. The Bertz CT molecular complexity index is 1990. The Hall–Kier alpha value is -4.54. The van der Waals surface area contributed by atoms with Crippen LogP contribution in [0.4, 0.5) is 9.18 Å². The number of nitrogens with one attached hydrogen (secondary N) is 3. The monoisotopic (exact) mass is 784 g/mol. The second-order valence-corrected chi connectivity index (χ2v) is 18.0. The van der Waals surface area contributed by atoms with Crippen LogP contribution in [0.2, 0.25) is 0 Å². The van der Waals surface area contributed by atoms with Gasteiger partial charge in [-0.15, -0.1) is 0 Å². The van der Waals surface area contributed by atoms with E-state index >= 15 is 0 Å². The van der Waals surface area contributed by atoms with Gasteiger partial charge in [0.2, 0.25) is 27.7 Å². The molecule has 3 heterocycles. The molecule has 298 valence electrons. The molecule has 3 aliphatic carbocycles. The van der Waals surface area contributed by atoms with Crippen molar-refractivity contribution in [3.63, 3.8) is 0 Å². The van der Waals surface area contributed by atoms with E-state index in [9.17, 15) is 32.0 Å². The number of ether oxygens (including phenoxy) is 3. The summed E-state index contributed by atoms with van der Waals surface area (Å²) in [5.74, 6) is -1.76. The quantitative estimate of drug-likeness (QED) is 0.331. The number of amides is 4. The highest BCUT2D eigenvalue weighted by atomic mass is 32.2. The standard InChI is InChI=1S/C38H49FN6O9S/c1-22-33(41-29-18-24(52-3)14-15-27(29)40-22)53-25-19-30-32(46)43-38(35(48)44-55(50,51)37(2)16-17-37)20-23(38)10-7-5-4-6-8-12-28(34(47)45(30)21-25)42-36(49)54-31-13-9-11-26(31)39/h7,10,14-15,18,23,25-26,28,30-31H,4-6,8-9,11-13,16-17,19-21H2,1-3H3,(H,42,49)(H,43,46)(H,44,48)/b10-7+/t23-,25-,26-,28+,30+,31-,38-/m1/s1. The summed E-state index contributed by atoms with van der Waals surface area (Å²) in [6.45, 7) is 3.23. The van der Waals surface area contributed by atoms with Crippen molar-refractivity contribution in [1.29, 1.82) is 0 Å². The smallest absolute Gasteiger partial charge is 0.408 e. The average Bonchev–Trinajstić information content (AvgIpc) is 3.96. The number of benzene rings is 1. The molecule has 5 aliphatic rings. The Kier molecular flexibility index (Phi) is 10.7. The van der Waals surface area contributed by atoms with E-state index in [1.165, 1.54) is 12.0 Å². The third kappa shape index (κ3) is 8.07. The highest BCUT2D eigenvalue weighted by Gasteiger charge is 2.63. The number of alkyl carbamates (subject to hydrolysis) is 1. The Morgan fingerprint density at radius 2 is 1.85 bits per heavy atom. The summed E-state index contributed by atoms with van der Waals surface area (Å²) in [4.78, 5) is 66.4. The predicted molar refractivity (Wildman–Crippen MR) is 197 cm³/mol. The molecule has 2 aliphatic heterocycles. The van der Waals surface area contributed by atoms with Crippen molar-refractivity contribution in [1.82, 2.24) is 30.2 Å². The second kappa shape index (κ2) is 15.2. The Morgan fingerprint density at radius 3 is 2.58 bits per heavy atom. The molecular weight excluding hydrogens is 736 g/mol. The number of methoxy groups -OCH3 is 1. The molecule has 0 radical (unpaired) electrons. The van der Waals surface area contributed by atoms with Gasteiger partial charge in [-0.25, -0.2) is 27.6 Å². The van der Waals surface area contributed by atoms with Crippen molar-refractivity contribution in [2.45, 2.75) is 132 Å². The number of halogens is 1. The number of allylic oxidation sites excluding steroid dienone is 1. The lowest BCUT2D eigenvalue weighted by atomic mass is 10.0. The maximum absolute atomic E-state index is 14.5. The van der Waals surface area contributed by atoms with E-state index < -0.39 is 80.5 Å². The molecule has 15 nitrogen and oxygen atoms in total. The predicted octanol–water partition coefficient (Wildman–Crippen LogP) is 3.67. The topological polar surface area (TPSA) is 195 Å². The molecule has 2 aromatic rings. The zero-order valence-corrected chi connectivity index (χ0v) is 32.2. The van der Waals surface area contributed by atoms with E-state index in [0.717, 1.165) is 6.42 Å². The first kappa shape index (κ1) is 38.7. The fourth-order valence-electron chi connectivity index (χ4n) is 7.78. The van der Waals surface area contributed by atoms with Crippen molar-refractivity contribution in [3.05, 3.63) is 36.0 Å². The number of carbonyl (C=O) groups excluding carboxylic acids is 4. The van der Waals surface area contributed by atoms with Gasteiger partial charge in [0.25, 0.3) is 5.91 Å². The fourth-order valence-corrected chi connectivity index (χ4v) is 9.09. The number of hydrogen-bond donors (Lipinski definition) is 3. The Labute approximate surface area is 319 Å². The number of sulfonamides is 1. The van der Waals surface area contributed by atoms with Crippen LogP contribution in [0.1, 0.15) is 89.7 Å². The van der Waals surface area contributed by atoms with Crippen molar-refractivity contribution >= 4 is 44.9 Å². The molecular formula is C38H49FN6O9S. The number of aromatic nitrogens is 2. The molecule has 55 heavy (non-hydrogen) atoms. The van der Waals surface area contributed by atoms with Crippen LogP contribution in [0, 0.1) is 12.8 Å². The van der Waals surface area contributed by atoms with Gasteiger partial charge >= 0.3 is 6.09 Å². The molecule has 0 bridgehead atoms. The summed E-state index contributed by atoms with van der Waals surface area (Å²) in [5, 5.41) is 5.51. The van der Waals surface area contributed by atoms with Crippen LogP contribution >= 0.6 is 0 Å². The number of alkyl halides is 1. The Balaban J connectivity index is 1.18. The molecule has 3 N–H and O–H groups in total. The van der Waals surface area contributed by atoms with E-state index in [1.807, 2.05) is 12.2 Å². The molecule has 3 saturated carbocycles. The number of hydrogen-bond acceptors (Lipinski definition) is 11. The molecule has 7 atom stereocenters. The van der Waals surface area contributed by atoms with E-state index in [0.29, 0.717) is 73.8 Å². The van der Waals surface area contributed by atoms with Crippen molar-refractivity contribution in [2.24, 2.45) is 5.92 Å². The minimum atomic E-state index is -4.01. The molecule has 1 saturated heterocycles.